The van der Waals surface area contributed by atoms with Crippen molar-refractivity contribution < 1.29 is 14.5 Å². The maximum absolute atomic E-state index is 14.4. The normalized spacial score (nSPS) is 13.1. The van der Waals surface area contributed by atoms with Crippen molar-refractivity contribution in [1.82, 2.24) is 14.8 Å². The number of halogens is 1. The van der Waals surface area contributed by atoms with Gasteiger partial charge in [-0.3, -0.25) is 5.41 Å². The predicted molar refractivity (Wildman–Crippen MR) is 119 cm³/mol. The number of rotatable bonds is 4. The lowest BCUT2D eigenvalue weighted by molar-refractivity contribution is -0.103. The molecule has 31 heavy (non-hydrogen) atoms. The van der Waals surface area contributed by atoms with Crippen molar-refractivity contribution in [2.24, 2.45) is 5.73 Å². The molecule has 0 unspecified atom stereocenters. The van der Waals surface area contributed by atoms with Gasteiger partial charge in [0.25, 0.3) is 0 Å². The quantitative estimate of drug-likeness (QED) is 0.485. The van der Waals surface area contributed by atoms with Gasteiger partial charge in [-0.25, -0.2) is 14.1 Å². The molecule has 0 saturated carbocycles. The highest BCUT2D eigenvalue weighted by Gasteiger charge is 2.23. The zero-order valence-electron chi connectivity index (χ0n) is 16.5. The number of nitrogens with two attached hydrogens (primary N) is 2. The van der Waals surface area contributed by atoms with E-state index in [9.17, 15) is 4.39 Å². The van der Waals surface area contributed by atoms with E-state index in [0.717, 1.165) is 50.1 Å². The van der Waals surface area contributed by atoms with Gasteiger partial charge in [-0.2, -0.15) is 5.10 Å². The topological polar surface area (TPSA) is 91.5 Å². The Morgan fingerprint density at radius 3 is 2.90 bits per heavy atom. The fourth-order valence-electron chi connectivity index (χ4n) is 3.64. The second kappa shape index (κ2) is 7.81. The van der Waals surface area contributed by atoms with Crippen molar-refractivity contribution in [3.8, 4) is 33.4 Å². The minimum absolute atomic E-state index is 0.336. The van der Waals surface area contributed by atoms with E-state index < -0.39 is 0 Å². The Labute approximate surface area is 182 Å². The van der Waals surface area contributed by atoms with Crippen molar-refractivity contribution in [3.63, 3.8) is 0 Å². The predicted octanol–water partition coefficient (Wildman–Crippen LogP) is 2.87. The van der Waals surface area contributed by atoms with Crippen LogP contribution in [0.15, 0.2) is 60.9 Å². The number of aromatic nitrogens is 3. The van der Waals surface area contributed by atoms with Gasteiger partial charge in [0.05, 0.1) is 24.1 Å². The number of allylic oxidation sites excluding steroid dienone is 1. The molecule has 6 nitrogen and oxygen atoms in total. The molecule has 2 aromatic carbocycles. The third-order valence-electron chi connectivity index (χ3n) is 5.16. The van der Waals surface area contributed by atoms with E-state index in [1.54, 1.807) is 40.4 Å². The van der Waals surface area contributed by atoms with Crippen LogP contribution in [0.25, 0.3) is 33.2 Å². The van der Waals surface area contributed by atoms with Gasteiger partial charge in [0.2, 0.25) is 0 Å². The molecule has 1 aliphatic rings. The molecule has 0 saturated heterocycles. The summed E-state index contributed by atoms with van der Waals surface area (Å²) in [5, 5.41) is 10.8. The van der Waals surface area contributed by atoms with E-state index in [2.05, 4.69) is 5.10 Å². The van der Waals surface area contributed by atoms with Crippen LogP contribution in [-0.4, -0.2) is 27.6 Å². The van der Waals surface area contributed by atoms with Crippen LogP contribution in [0.5, 0.6) is 5.75 Å². The molecule has 0 radical (unpaired) electrons. The molecule has 3 heterocycles. The third kappa shape index (κ3) is 3.30. The number of benzene rings is 2. The van der Waals surface area contributed by atoms with E-state index in [4.69, 9.17) is 20.9 Å². The lowest BCUT2D eigenvalue weighted by atomic mass is 10.0. The Morgan fingerprint density at radius 1 is 1.23 bits per heavy atom. The Kier molecular flexibility index (Phi) is 4.83. The molecule has 0 amide bonds. The Morgan fingerprint density at radius 2 is 2.10 bits per heavy atom. The average molecular weight is 433 g/mol. The first kappa shape index (κ1) is 19.2. The minimum Gasteiger partial charge on any atom is -0.492 e. The lowest BCUT2D eigenvalue weighted by Gasteiger charge is -2.09. The molecule has 0 fully saturated rings. The smallest absolute Gasteiger partial charge is 0.169 e. The first-order valence-corrected chi connectivity index (χ1v) is 10.5. The van der Waals surface area contributed by atoms with Gasteiger partial charge in [0.1, 0.15) is 28.0 Å². The zero-order chi connectivity index (χ0) is 21.4. The van der Waals surface area contributed by atoms with Gasteiger partial charge in [-0.05, 0) is 35.9 Å². The molecule has 154 valence electrons. The van der Waals surface area contributed by atoms with Crippen molar-refractivity contribution in [2.75, 3.05) is 6.61 Å². The van der Waals surface area contributed by atoms with Crippen LogP contribution >= 0.6 is 11.3 Å². The zero-order valence-corrected chi connectivity index (χ0v) is 17.3. The monoisotopic (exact) mass is 432 g/mol. The lowest BCUT2D eigenvalue weighted by Crippen LogP contribution is -2.30. The summed E-state index contributed by atoms with van der Waals surface area (Å²) < 4.78 is 21.9. The third-order valence-corrected chi connectivity index (χ3v) is 6.29. The standard InChI is InChI=1S/C23H18FN5OS/c24-17-3-1-2-4-18(17)29-19(7-9-27-29)23-28-22-16-6-5-14(15(12-25)13-26)11-20(16)30-10-8-21(22)31-23/h1-7,9,11-13,25H,8,10,26H2/p+1/b15-13+,25-12?. The van der Waals surface area contributed by atoms with Gasteiger partial charge < -0.3 is 10.5 Å². The molecule has 4 aromatic rings. The molecule has 0 spiro atoms. The van der Waals surface area contributed by atoms with Crippen molar-refractivity contribution in [2.45, 2.75) is 6.42 Å². The Bertz CT molecular complexity index is 1320. The summed E-state index contributed by atoms with van der Waals surface area (Å²) in [6, 6.07) is 14.3. The minimum atomic E-state index is -0.336. The first-order chi connectivity index (χ1) is 15.2. The van der Waals surface area contributed by atoms with Crippen LogP contribution in [0.1, 0.15) is 10.4 Å². The van der Waals surface area contributed by atoms with Crippen LogP contribution in [0.4, 0.5) is 4.39 Å². The van der Waals surface area contributed by atoms with Crippen molar-refractivity contribution in [3.05, 3.63) is 77.2 Å². The summed E-state index contributed by atoms with van der Waals surface area (Å²) in [5.74, 6) is 0.397. The number of thiazole rings is 1. The molecule has 5 rings (SSSR count). The Hall–Kier alpha value is -3.78. The molecule has 8 heteroatoms. The van der Waals surface area contributed by atoms with E-state index in [1.807, 2.05) is 24.3 Å². The summed E-state index contributed by atoms with van der Waals surface area (Å²) in [5.41, 5.74) is 10.2. The van der Waals surface area contributed by atoms with Crippen molar-refractivity contribution >= 4 is 23.1 Å². The molecule has 0 atom stereocenters. The van der Waals surface area contributed by atoms with Crippen LogP contribution in [0.3, 0.4) is 0 Å². The molecular formula is C23H19FN5OS+. The van der Waals surface area contributed by atoms with Gasteiger partial charge in [-0.15, -0.1) is 11.3 Å². The largest absolute Gasteiger partial charge is 0.492 e. The fraction of sp³-hybridized carbons (Fsp3) is 0.0870. The second-order valence-electron chi connectivity index (χ2n) is 6.97. The Balaban J connectivity index is 1.61. The fourth-order valence-corrected chi connectivity index (χ4v) is 4.71. The van der Waals surface area contributed by atoms with Gasteiger partial charge >= 0.3 is 0 Å². The summed E-state index contributed by atoms with van der Waals surface area (Å²) in [7, 11) is 0. The van der Waals surface area contributed by atoms with Crippen LogP contribution in [0, 0.1) is 5.82 Å². The van der Waals surface area contributed by atoms with E-state index in [0.29, 0.717) is 12.3 Å². The number of fused-ring (bicyclic) bond motifs is 3. The van der Waals surface area contributed by atoms with Crippen LogP contribution < -0.4 is 15.9 Å². The number of hydrogen-bond acceptors (Lipinski definition) is 5. The molecule has 0 aliphatic carbocycles. The number of para-hydroxylation sites is 1. The number of ether oxygens (including phenoxy) is 1. The summed E-state index contributed by atoms with van der Waals surface area (Å²) >= 11 is 1.57. The summed E-state index contributed by atoms with van der Waals surface area (Å²) in [6.07, 6.45) is 5.32. The highest BCUT2D eigenvalue weighted by molar-refractivity contribution is 7.15. The SMILES string of the molecule is N/C=C(\C=[NH2+])c1ccc2c(c1)OCCc1sc(-c3ccnn3-c3ccccc3F)nc1-2. The maximum atomic E-state index is 14.4. The maximum Gasteiger partial charge on any atom is 0.169 e. The highest BCUT2D eigenvalue weighted by Crippen LogP contribution is 2.41. The van der Waals surface area contributed by atoms with Gasteiger partial charge in [-0.1, -0.05) is 18.2 Å². The highest BCUT2D eigenvalue weighted by atomic mass is 32.1. The van der Waals surface area contributed by atoms with Crippen LogP contribution in [-0.2, 0) is 6.42 Å². The van der Waals surface area contributed by atoms with E-state index >= 15 is 0 Å². The number of hydrogen-bond donors (Lipinski definition) is 2. The van der Waals surface area contributed by atoms with Crippen molar-refractivity contribution in [1.29, 1.82) is 0 Å². The van der Waals surface area contributed by atoms with Gasteiger partial charge in [0, 0.05) is 23.1 Å². The van der Waals surface area contributed by atoms with E-state index in [-0.39, 0.29) is 5.82 Å². The van der Waals surface area contributed by atoms with Gasteiger partial charge in [0.15, 0.2) is 6.21 Å². The molecule has 2 aromatic heterocycles. The molecule has 4 N–H and O–H groups in total. The summed E-state index contributed by atoms with van der Waals surface area (Å²) in [4.78, 5) is 6.02. The molecular weight excluding hydrogens is 413 g/mol. The average Bonchev–Trinajstić information content (AvgIpc) is 3.39. The first-order valence-electron chi connectivity index (χ1n) is 9.73. The molecule has 0 bridgehead atoms. The molecule has 1 aliphatic heterocycles. The summed E-state index contributed by atoms with van der Waals surface area (Å²) in [6.45, 7) is 0.533. The van der Waals surface area contributed by atoms with E-state index in [1.165, 1.54) is 18.5 Å². The number of nitrogens with zero attached hydrogens (tertiary/aromatic N) is 3. The second-order valence-corrected chi connectivity index (χ2v) is 8.05. The van der Waals surface area contributed by atoms with Crippen LogP contribution in [0.2, 0.25) is 0 Å².